The number of hydrogen-bond donors (Lipinski definition) is 3. The molecule has 0 saturated heterocycles. The monoisotopic (exact) mass is 380 g/mol. The Kier molecular flexibility index (Phi) is 4.84. The van der Waals surface area contributed by atoms with Crippen molar-refractivity contribution >= 4 is 39.7 Å². The van der Waals surface area contributed by atoms with Gasteiger partial charge in [-0.15, -0.1) is 11.3 Å². The number of nitrogens with one attached hydrogen (secondary N) is 3. The number of pyridine rings is 1. The molecule has 0 radical (unpaired) electrons. The van der Waals surface area contributed by atoms with E-state index < -0.39 is 0 Å². The first-order chi connectivity index (χ1) is 13.2. The van der Waals surface area contributed by atoms with Crippen LogP contribution in [-0.2, 0) is 6.42 Å². The summed E-state index contributed by atoms with van der Waals surface area (Å²) in [6, 6.07) is 12.1. The summed E-state index contributed by atoms with van der Waals surface area (Å²) < 4.78 is 13.2. The molecule has 0 saturated carbocycles. The molecule has 3 N–H and O–H groups in total. The number of anilines is 2. The normalized spacial score (nSPS) is 10.9. The van der Waals surface area contributed by atoms with Crippen LogP contribution in [0.25, 0.3) is 11.0 Å². The Morgan fingerprint density at radius 2 is 2.11 bits per heavy atom. The van der Waals surface area contributed by atoms with Crippen molar-refractivity contribution in [2.45, 2.75) is 6.42 Å². The first kappa shape index (κ1) is 17.2. The fourth-order valence-electron chi connectivity index (χ4n) is 2.89. The molecule has 0 bridgehead atoms. The molecule has 0 aliphatic rings. The first-order valence-electron chi connectivity index (χ1n) is 8.50. The summed E-state index contributed by atoms with van der Waals surface area (Å²) >= 11 is 1.38. The van der Waals surface area contributed by atoms with Crippen LogP contribution in [0.3, 0.4) is 0 Å². The predicted octanol–water partition coefficient (Wildman–Crippen LogP) is 4.48. The van der Waals surface area contributed by atoms with E-state index in [1.807, 2.05) is 35.8 Å². The number of carbonyl (C=O) groups is 1. The van der Waals surface area contributed by atoms with E-state index in [4.69, 9.17) is 0 Å². The van der Waals surface area contributed by atoms with Crippen molar-refractivity contribution in [2.24, 2.45) is 0 Å². The molecule has 27 heavy (non-hydrogen) atoms. The van der Waals surface area contributed by atoms with Crippen LogP contribution >= 0.6 is 11.3 Å². The minimum Gasteiger partial charge on any atom is -0.354 e. The summed E-state index contributed by atoms with van der Waals surface area (Å²) in [4.78, 5) is 20.5. The van der Waals surface area contributed by atoms with Gasteiger partial charge in [0.1, 0.15) is 16.3 Å². The quantitative estimate of drug-likeness (QED) is 0.462. The molecule has 0 aliphatic carbocycles. The molecule has 5 nitrogen and oxygen atoms in total. The van der Waals surface area contributed by atoms with Gasteiger partial charge in [0.05, 0.1) is 11.4 Å². The molecule has 136 valence electrons. The molecule has 0 aliphatic heterocycles. The van der Waals surface area contributed by atoms with E-state index in [9.17, 15) is 9.18 Å². The molecule has 1 amide bonds. The van der Waals surface area contributed by atoms with Gasteiger partial charge in [0.15, 0.2) is 0 Å². The predicted molar refractivity (Wildman–Crippen MR) is 106 cm³/mol. The lowest BCUT2D eigenvalue weighted by molar-refractivity contribution is 0.0959. The van der Waals surface area contributed by atoms with Crippen molar-refractivity contribution in [3.05, 3.63) is 76.5 Å². The molecule has 1 aromatic carbocycles. The summed E-state index contributed by atoms with van der Waals surface area (Å²) in [7, 11) is 0. The Morgan fingerprint density at radius 1 is 1.19 bits per heavy atom. The number of carbonyl (C=O) groups excluding carboxylic acids is 1. The SMILES string of the molecule is O=C(NCCc1cccc(F)c1)c1sccc1Nc1ccnc2[nH]ccc12. The van der Waals surface area contributed by atoms with Crippen molar-refractivity contribution < 1.29 is 9.18 Å². The van der Waals surface area contributed by atoms with Gasteiger partial charge in [-0.2, -0.15) is 0 Å². The molecule has 4 aromatic rings. The number of aromatic nitrogens is 2. The van der Waals surface area contributed by atoms with Crippen LogP contribution in [-0.4, -0.2) is 22.4 Å². The van der Waals surface area contributed by atoms with Crippen LogP contribution in [0.2, 0.25) is 0 Å². The number of benzene rings is 1. The van der Waals surface area contributed by atoms with E-state index in [1.54, 1.807) is 12.3 Å². The van der Waals surface area contributed by atoms with E-state index in [0.29, 0.717) is 17.8 Å². The van der Waals surface area contributed by atoms with Crippen LogP contribution in [0.15, 0.2) is 60.2 Å². The highest BCUT2D eigenvalue weighted by atomic mass is 32.1. The Labute approximate surface area is 159 Å². The average Bonchev–Trinajstić information content (AvgIpc) is 3.31. The van der Waals surface area contributed by atoms with Crippen LogP contribution in [0, 0.1) is 5.82 Å². The second-order valence-electron chi connectivity index (χ2n) is 6.02. The van der Waals surface area contributed by atoms with Crippen molar-refractivity contribution in [1.82, 2.24) is 15.3 Å². The second kappa shape index (κ2) is 7.59. The highest BCUT2D eigenvalue weighted by molar-refractivity contribution is 7.12. The number of fused-ring (bicyclic) bond motifs is 1. The fourth-order valence-corrected chi connectivity index (χ4v) is 3.66. The summed E-state index contributed by atoms with van der Waals surface area (Å²) in [6.07, 6.45) is 4.12. The lowest BCUT2D eigenvalue weighted by Crippen LogP contribution is -2.25. The van der Waals surface area contributed by atoms with E-state index in [-0.39, 0.29) is 11.7 Å². The molecule has 3 heterocycles. The number of halogens is 1. The minimum atomic E-state index is -0.267. The first-order valence-corrected chi connectivity index (χ1v) is 9.38. The minimum absolute atomic E-state index is 0.150. The lowest BCUT2D eigenvalue weighted by Gasteiger charge is -2.09. The Hall–Kier alpha value is -3.19. The van der Waals surface area contributed by atoms with Crippen LogP contribution in [0.1, 0.15) is 15.2 Å². The zero-order chi connectivity index (χ0) is 18.6. The summed E-state index contributed by atoms with van der Waals surface area (Å²) in [6.45, 7) is 0.441. The van der Waals surface area contributed by atoms with E-state index in [1.165, 1.54) is 23.5 Å². The second-order valence-corrected chi connectivity index (χ2v) is 6.94. The standard InChI is InChI=1S/C20H17FN4OS/c21-14-3-1-2-13(12-14)4-8-24-20(26)18-17(7-11-27-18)25-16-6-10-23-19-15(16)5-9-22-19/h1-3,5-7,9-12H,4,8H2,(H,24,26)(H2,22,23,25). The summed E-state index contributed by atoms with van der Waals surface area (Å²) in [5.41, 5.74) is 3.27. The maximum atomic E-state index is 13.2. The fraction of sp³-hybridized carbons (Fsp3) is 0.100. The van der Waals surface area contributed by atoms with E-state index >= 15 is 0 Å². The smallest absolute Gasteiger partial charge is 0.263 e. The number of hydrogen-bond acceptors (Lipinski definition) is 4. The molecule has 4 rings (SSSR count). The Balaban J connectivity index is 1.43. The van der Waals surface area contributed by atoms with Gasteiger partial charge in [0.2, 0.25) is 0 Å². The maximum Gasteiger partial charge on any atom is 0.263 e. The molecule has 0 spiro atoms. The number of thiophene rings is 1. The van der Waals surface area contributed by atoms with Gasteiger partial charge in [0, 0.05) is 24.3 Å². The zero-order valence-electron chi connectivity index (χ0n) is 14.3. The van der Waals surface area contributed by atoms with E-state index in [2.05, 4.69) is 20.6 Å². The summed E-state index contributed by atoms with van der Waals surface area (Å²) in [5, 5.41) is 9.05. The van der Waals surface area contributed by atoms with Gasteiger partial charge in [-0.1, -0.05) is 12.1 Å². The number of H-pyrrole nitrogens is 1. The third kappa shape index (κ3) is 3.83. The third-order valence-electron chi connectivity index (χ3n) is 4.19. The van der Waals surface area contributed by atoms with Crippen molar-refractivity contribution in [1.29, 1.82) is 0 Å². The van der Waals surface area contributed by atoms with Crippen LogP contribution in [0.4, 0.5) is 15.8 Å². The number of amides is 1. The average molecular weight is 380 g/mol. The van der Waals surface area contributed by atoms with E-state index in [0.717, 1.165) is 28.0 Å². The Bertz CT molecular complexity index is 1090. The van der Waals surface area contributed by atoms with Gasteiger partial charge < -0.3 is 15.6 Å². The maximum absolute atomic E-state index is 13.2. The van der Waals surface area contributed by atoms with Crippen molar-refractivity contribution in [2.75, 3.05) is 11.9 Å². The van der Waals surface area contributed by atoms with Crippen molar-refractivity contribution in [3.8, 4) is 0 Å². The van der Waals surface area contributed by atoms with Gasteiger partial charge >= 0.3 is 0 Å². The van der Waals surface area contributed by atoms with Crippen molar-refractivity contribution in [3.63, 3.8) is 0 Å². The number of nitrogens with zero attached hydrogens (tertiary/aromatic N) is 1. The zero-order valence-corrected chi connectivity index (χ0v) is 15.1. The highest BCUT2D eigenvalue weighted by Gasteiger charge is 2.14. The highest BCUT2D eigenvalue weighted by Crippen LogP contribution is 2.29. The van der Waals surface area contributed by atoms with Crippen LogP contribution < -0.4 is 10.6 Å². The van der Waals surface area contributed by atoms with Gasteiger partial charge in [-0.3, -0.25) is 4.79 Å². The molecular weight excluding hydrogens is 363 g/mol. The number of aromatic amines is 1. The topological polar surface area (TPSA) is 69.8 Å². The number of rotatable bonds is 6. The van der Waals surface area contributed by atoms with Gasteiger partial charge in [-0.05, 0) is 47.7 Å². The molecular formula is C20H17FN4OS. The largest absolute Gasteiger partial charge is 0.354 e. The molecule has 7 heteroatoms. The third-order valence-corrected chi connectivity index (χ3v) is 5.10. The molecule has 0 unspecified atom stereocenters. The molecule has 3 aromatic heterocycles. The van der Waals surface area contributed by atoms with Gasteiger partial charge in [-0.25, -0.2) is 9.37 Å². The lowest BCUT2D eigenvalue weighted by atomic mass is 10.1. The summed E-state index contributed by atoms with van der Waals surface area (Å²) in [5.74, 6) is -0.416. The van der Waals surface area contributed by atoms with Gasteiger partial charge in [0.25, 0.3) is 5.91 Å². The molecule has 0 fully saturated rings. The Morgan fingerprint density at radius 3 is 3.00 bits per heavy atom. The molecule has 0 atom stereocenters. The van der Waals surface area contributed by atoms with Crippen LogP contribution in [0.5, 0.6) is 0 Å².